The van der Waals surface area contributed by atoms with Crippen molar-refractivity contribution in [2.24, 2.45) is 17.3 Å². The van der Waals surface area contributed by atoms with E-state index in [1.165, 1.54) is 25.0 Å². The van der Waals surface area contributed by atoms with Gasteiger partial charge in [-0.1, -0.05) is 37.3 Å². The molecule has 3 aliphatic carbocycles. The van der Waals surface area contributed by atoms with Crippen LogP contribution in [0.1, 0.15) is 69.9 Å². The van der Waals surface area contributed by atoms with E-state index in [0.29, 0.717) is 29.2 Å². The molecular weight excluding hydrogens is 476 g/mol. The molecule has 2 saturated carbocycles. The number of ether oxygens (including phenoxy) is 2. The van der Waals surface area contributed by atoms with Crippen LogP contribution in [0.4, 0.5) is 0 Å². The predicted octanol–water partition coefficient (Wildman–Crippen LogP) is 6.52. The molecule has 3 aliphatic rings. The molecule has 6 heteroatoms. The highest BCUT2D eigenvalue weighted by molar-refractivity contribution is 5.77. The fraction of sp³-hybridized carbons (Fsp3) is 0.438. The number of hydrogen-bond acceptors (Lipinski definition) is 6. The number of esters is 2. The molecule has 196 valence electrons. The molecule has 0 aliphatic heterocycles. The van der Waals surface area contributed by atoms with Crippen molar-refractivity contribution in [3.63, 3.8) is 0 Å². The van der Waals surface area contributed by atoms with Gasteiger partial charge in [-0.2, -0.15) is 0 Å². The number of rotatable bonds is 4. The molecule has 1 heterocycles. The zero-order valence-electron chi connectivity index (χ0n) is 22.3. The van der Waals surface area contributed by atoms with E-state index in [4.69, 9.17) is 9.47 Å². The Morgan fingerprint density at radius 3 is 2.37 bits per heavy atom. The van der Waals surface area contributed by atoms with Crippen molar-refractivity contribution in [3.8, 4) is 28.3 Å². The van der Waals surface area contributed by atoms with Gasteiger partial charge in [-0.25, -0.2) is 0 Å². The van der Waals surface area contributed by atoms with Gasteiger partial charge in [0.15, 0.2) is 0 Å². The van der Waals surface area contributed by atoms with E-state index >= 15 is 0 Å². The van der Waals surface area contributed by atoms with E-state index in [9.17, 15) is 9.59 Å². The molecule has 0 amide bonds. The first-order valence-electron chi connectivity index (χ1n) is 13.8. The standard InChI is InChI=1S/C32H34N2O4/c1-19(35)37-30-17-22-9-10-24-23(15-16-32(3)27(24)11-14-31(32)38-20(2)36)25(22)18-26(30)29-13-12-28(33-34-29)21-7-5-4-6-8-21/h4-8,12-13,17-18,23-24,27,31H,9-11,14-16H2,1-3H3/t23-,24+,27-,31-,32-/m0/s1. The van der Waals surface area contributed by atoms with Crippen LogP contribution in [0.15, 0.2) is 54.6 Å². The topological polar surface area (TPSA) is 78.4 Å². The highest BCUT2D eigenvalue weighted by Gasteiger charge is 2.56. The molecule has 2 fully saturated rings. The van der Waals surface area contributed by atoms with Gasteiger partial charge in [-0.3, -0.25) is 9.59 Å². The van der Waals surface area contributed by atoms with E-state index < -0.39 is 0 Å². The van der Waals surface area contributed by atoms with Crippen molar-refractivity contribution >= 4 is 11.9 Å². The molecule has 6 nitrogen and oxygen atoms in total. The van der Waals surface area contributed by atoms with Crippen LogP contribution in [-0.2, 0) is 20.7 Å². The van der Waals surface area contributed by atoms with Crippen LogP contribution >= 0.6 is 0 Å². The molecule has 0 bridgehead atoms. The molecule has 0 spiro atoms. The van der Waals surface area contributed by atoms with E-state index in [1.54, 1.807) is 0 Å². The predicted molar refractivity (Wildman–Crippen MR) is 144 cm³/mol. The summed E-state index contributed by atoms with van der Waals surface area (Å²) in [7, 11) is 0. The summed E-state index contributed by atoms with van der Waals surface area (Å²) in [6, 6.07) is 18.2. The lowest BCUT2D eigenvalue weighted by atomic mass is 9.55. The maximum Gasteiger partial charge on any atom is 0.308 e. The minimum Gasteiger partial charge on any atom is -0.462 e. The Morgan fingerprint density at radius 1 is 0.895 bits per heavy atom. The lowest BCUT2D eigenvalue weighted by Crippen LogP contribution is -2.45. The normalized spacial score (nSPS) is 27.6. The van der Waals surface area contributed by atoms with Crippen LogP contribution in [0.25, 0.3) is 22.5 Å². The van der Waals surface area contributed by atoms with Crippen LogP contribution in [0.5, 0.6) is 5.75 Å². The quantitative estimate of drug-likeness (QED) is 0.294. The zero-order chi connectivity index (χ0) is 26.4. The number of aryl methyl sites for hydroxylation is 1. The van der Waals surface area contributed by atoms with Crippen molar-refractivity contribution in [2.75, 3.05) is 0 Å². The minimum absolute atomic E-state index is 0.0210. The first kappa shape index (κ1) is 24.8. The van der Waals surface area contributed by atoms with E-state index in [-0.39, 0.29) is 23.5 Å². The maximum absolute atomic E-state index is 12.0. The number of nitrogens with zero attached hydrogens (tertiary/aromatic N) is 2. The number of carbonyl (C=O) groups is 2. The maximum atomic E-state index is 12.0. The van der Waals surface area contributed by atoms with Gasteiger partial charge in [0.05, 0.1) is 11.4 Å². The number of fused-ring (bicyclic) bond motifs is 5. The second-order valence-electron chi connectivity index (χ2n) is 11.4. The smallest absolute Gasteiger partial charge is 0.308 e. The van der Waals surface area contributed by atoms with Crippen LogP contribution in [-0.4, -0.2) is 28.2 Å². The fourth-order valence-electron chi connectivity index (χ4n) is 7.62. The first-order chi connectivity index (χ1) is 18.3. The molecule has 0 unspecified atom stereocenters. The summed E-state index contributed by atoms with van der Waals surface area (Å²) in [5.41, 5.74) is 5.97. The molecule has 0 N–H and O–H groups in total. The van der Waals surface area contributed by atoms with Crippen molar-refractivity contribution in [1.82, 2.24) is 10.2 Å². The molecule has 38 heavy (non-hydrogen) atoms. The molecule has 6 rings (SSSR count). The number of benzene rings is 2. The third kappa shape index (κ3) is 4.30. The summed E-state index contributed by atoms with van der Waals surface area (Å²) in [4.78, 5) is 23.8. The summed E-state index contributed by atoms with van der Waals surface area (Å²) >= 11 is 0. The summed E-state index contributed by atoms with van der Waals surface area (Å²) in [6.45, 7) is 5.30. The van der Waals surface area contributed by atoms with Crippen molar-refractivity contribution in [3.05, 3.63) is 65.7 Å². The molecule has 1 aromatic heterocycles. The van der Waals surface area contributed by atoms with Gasteiger partial charge in [-0.15, -0.1) is 10.2 Å². The summed E-state index contributed by atoms with van der Waals surface area (Å²) < 4.78 is 11.5. The van der Waals surface area contributed by atoms with Gasteiger partial charge in [0, 0.05) is 30.4 Å². The van der Waals surface area contributed by atoms with Crippen molar-refractivity contribution < 1.29 is 19.1 Å². The van der Waals surface area contributed by atoms with Crippen LogP contribution in [0.3, 0.4) is 0 Å². The number of carbonyl (C=O) groups excluding carboxylic acids is 2. The van der Waals surface area contributed by atoms with Gasteiger partial charge >= 0.3 is 11.9 Å². The summed E-state index contributed by atoms with van der Waals surface area (Å²) in [5.74, 6) is 1.57. The largest absolute Gasteiger partial charge is 0.462 e. The van der Waals surface area contributed by atoms with Gasteiger partial charge in [-0.05, 0) is 91.7 Å². The lowest BCUT2D eigenvalue weighted by Gasteiger charge is -2.50. The molecular formula is C32H34N2O4. The first-order valence-corrected chi connectivity index (χ1v) is 13.8. The fourth-order valence-corrected chi connectivity index (χ4v) is 7.62. The highest BCUT2D eigenvalue weighted by atomic mass is 16.5. The Balaban J connectivity index is 1.35. The SMILES string of the molecule is CC(=O)Oc1cc2c(cc1-c1ccc(-c3ccccc3)nn1)[C@H]1CC[C@]3(C)[C@@H](OC(C)=O)CC[C@H]3[C@@H]1CC2. The van der Waals surface area contributed by atoms with E-state index in [2.05, 4.69) is 29.3 Å². The van der Waals surface area contributed by atoms with E-state index in [1.807, 2.05) is 42.5 Å². The average molecular weight is 511 g/mol. The molecule has 2 aromatic carbocycles. The Bertz CT molecular complexity index is 1370. The zero-order valence-corrected chi connectivity index (χ0v) is 22.3. The number of aromatic nitrogens is 2. The average Bonchev–Trinajstić information content (AvgIpc) is 3.24. The van der Waals surface area contributed by atoms with Crippen LogP contribution < -0.4 is 4.74 Å². The Kier molecular flexibility index (Phi) is 6.29. The number of hydrogen-bond donors (Lipinski definition) is 0. The van der Waals surface area contributed by atoms with Gasteiger partial charge < -0.3 is 9.47 Å². The van der Waals surface area contributed by atoms with Crippen molar-refractivity contribution in [2.45, 2.75) is 71.3 Å². The third-order valence-electron chi connectivity index (χ3n) is 9.31. The Morgan fingerprint density at radius 2 is 1.66 bits per heavy atom. The highest BCUT2D eigenvalue weighted by Crippen LogP contribution is 2.62. The van der Waals surface area contributed by atoms with E-state index in [0.717, 1.165) is 55.3 Å². The molecule has 3 aromatic rings. The summed E-state index contributed by atoms with van der Waals surface area (Å²) in [5, 5.41) is 9.05. The molecule has 0 radical (unpaired) electrons. The van der Waals surface area contributed by atoms with Gasteiger partial charge in [0.25, 0.3) is 0 Å². The Labute approximate surface area is 223 Å². The van der Waals surface area contributed by atoms with Crippen LogP contribution in [0.2, 0.25) is 0 Å². The molecule has 5 atom stereocenters. The second-order valence-corrected chi connectivity index (χ2v) is 11.4. The second kappa shape index (κ2) is 9.64. The monoisotopic (exact) mass is 510 g/mol. The van der Waals surface area contributed by atoms with Gasteiger partial charge in [0.1, 0.15) is 11.9 Å². The third-order valence-corrected chi connectivity index (χ3v) is 9.31. The lowest BCUT2D eigenvalue weighted by molar-refractivity contribution is -0.154. The van der Waals surface area contributed by atoms with Gasteiger partial charge in [0.2, 0.25) is 0 Å². The van der Waals surface area contributed by atoms with Crippen LogP contribution in [0, 0.1) is 17.3 Å². The Hall–Kier alpha value is -3.54. The van der Waals surface area contributed by atoms with Crippen molar-refractivity contribution in [1.29, 1.82) is 0 Å². The summed E-state index contributed by atoms with van der Waals surface area (Å²) in [6.07, 6.45) is 6.25. The molecule has 0 saturated heterocycles. The minimum atomic E-state index is -0.343.